The summed E-state index contributed by atoms with van der Waals surface area (Å²) in [4.78, 5) is 6.22. The van der Waals surface area contributed by atoms with Gasteiger partial charge < -0.3 is 15.1 Å². The summed E-state index contributed by atoms with van der Waals surface area (Å²) in [5, 5.41) is 20.6. The van der Waals surface area contributed by atoms with E-state index in [1.54, 1.807) is 5.38 Å². The lowest BCUT2D eigenvalue weighted by molar-refractivity contribution is 0.276. The van der Waals surface area contributed by atoms with E-state index in [1.165, 1.54) is 11.3 Å². The highest BCUT2D eigenvalue weighted by molar-refractivity contribution is 7.13. The van der Waals surface area contributed by atoms with Crippen LogP contribution < -0.4 is 4.90 Å². The van der Waals surface area contributed by atoms with Gasteiger partial charge in [0.2, 0.25) is 5.88 Å². The molecule has 1 saturated heterocycles. The molecule has 0 bridgehead atoms. The second-order valence-electron chi connectivity index (χ2n) is 3.49. The fourth-order valence-corrected chi connectivity index (χ4v) is 2.71. The lowest BCUT2D eigenvalue weighted by Gasteiger charge is -2.22. The number of aromatic hydroxyl groups is 1. The molecule has 1 aliphatic heterocycles. The number of hydrogen-bond donors (Lipinski definition) is 2. The van der Waals surface area contributed by atoms with Crippen LogP contribution in [-0.2, 0) is 0 Å². The molecule has 1 aromatic rings. The van der Waals surface area contributed by atoms with Crippen molar-refractivity contribution in [3.63, 3.8) is 0 Å². The number of nitrogens with zero attached hydrogens (tertiary/aromatic N) is 2. The van der Waals surface area contributed by atoms with Gasteiger partial charge >= 0.3 is 0 Å². The summed E-state index contributed by atoms with van der Waals surface area (Å²) in [6.45, 7) is 1.20. The zero-order valence-electron chi connectivity index (χ0n) is 7.89. The number of aliphatic hydroxyl groups is 1. The van der Waals surface area contributed by atoms with Gasteiger partial charge in [0.15, 0.2) is 5.13 Å². The first-order chi connectivity index (χ1) is 6.81. The molecule has 1 aromatic heterocycles. The number of hydrogen-bond acceptors (Lipinski definition) is 5. The van der Waals surface area contributed by atoms with Gasteiger partial charge in [-0.25, -0.2) is 0 Å². The number of thiazole rings is 1. The molecule has 5 heteroatoms. The maximum atomic E-state index is 9.15. The smallest absolute Gasteiger partial charge is 0.223 e. The Hall–Kier alpha value is -0.810. The Morgan fingerprint density at radius 1 is 1.64 bits per heavy atom. The summed E-state index contributed by atoms with van der Waals surface area (Å²) in [5.74, 6) is 0.0969. The van der Waals surface area contributed by atoms with Crippen LogP contribution in [0.15, 0.2) is 5.38 Å². The van der Waals surface area contributed by atoms with Crippen LogP contribution in [0.25, 0.3) is 0 Å². The van der Waals surface area contributed by atoms with Gasteiger partial charge in [-0.05, 0) is 19.3 Å². The summed E-state index contributed by atoms with van der Waals surface area (Å²) < 4.78 is 0. The molecule has 2 heterocycles. The molecular weight excluding hydrogens is 200 g/mol. The second kappa shape index (κ2) is 4.14. The molecule has 1 atom stereocenters. The Morgan fingerprint density at radius 2 is 2.50 bits per heavy atom. The van der Waals surface area contributed by atoms with Crippen molar-refractivity contribution in [3.8, 4) is 5.88 Å². The van der Waals surface area contributed by atoms with Gasteiger partial charge in [0.1, 0.15) is 0 Å². The first-order valence-electron chi connectivity index (χ1n) is 4.83. The SMILES string of the molecule is OCCC1CCCN1c1nc(O)cs1. The van der Waals surface area contributed by atoms with Crippen LogP contribution in [0.2, 0.25) is 0 Å². The predicted octanol–water partition coefficient (Wildman–Crippen LogP) is 1.20. The van der Waals surface area contributed by atoms with Crippen molar-refractivity contribution >= 4 is 16.5 Å². The minimum absolute atomic E-state index is 0.0969. The highest BCUT2D eigenvalue weighted by atomic mass is 32.1. The predicted molar refractivity (Wildman–Crippen MR) is 55.8 cm³/mol. The van der Waals surface area contributed by atoms with Crippen molar-refractivity contribution in [2.75, 3.05) is 18.1 Å². The monoisotopic (exact) mass is 214 g/mol. The Balaban J connectivity index is 2.09. The Labute approximate surface area is 86.8 Å². The number of rotatable bonds is 3. The number of aromatic nitrogens is 1. The quantitative estimate of drug-likeness (QED) is 0.794. The van der Waals surface area contributed by atoms with E-state index in [4.69, 9.17) is 10.2 Å². The third kappa shape index (κ3) is 1.83. The molecule has 2 N–H and O–H groups in total. The van der Waals surface area contributed by atoms with Gasteiger partial charge in [-0.3, -0.25) is 0 Å². The minimum atomic E-state index is 0.0969. The Bertz CT molecular complexity index is 303. The minimum Gasteiger partial charge on any atom is -0.493 e. The van der Waals surface area contributed by atoms with Crippen molar-refractivity contribution in [2.45, 2.75) is 25.3 Å². The molecule has 1 fully saturated rings. The van der Waals surface area contributed by atoms with Crippen LogP contribution in [0.5, 0.6) is 5.88 Å². The van der Waals surface area contributed by atoms with Crippen LogP contribution in [0.1, 0.15) is 19.3 Å². The van der Waals surface area contributed by atoms with E-state index in [0.717, 1.165) is 30.9 Å². The van der Waals surface area contributed by atoms with Gasteiger partial charge in [0.05, 0.1) is 5.38 Å². The summed E-state index contributed by atoms with van der Waals surface area (Å²) >= 11 is 1.46. The number of aliphatic hydroxyl groups excluding tert-OH is 1. The summed E-state index contributed by atoms with van der Waals surface area (Å²) in [5.41, 5.74) is 0. The van der Waals surface area contributed by atoms with Gasteiger partial charge in [-0.15, -0.1) is 11.3 Å². The highest BCUT2D eigenvalue weighted by Crippen LogP contribution is 2.31. The molecule has 0 aliphatic carbocycles. The zero-order chi connectivity index (χ0) is 9.97. The fraction of sp³-hybridized carbons (Fsp3) is 0.667. The normalized spacial score (nSPS) is 21.8. The van der Waals surface area contributed by atoms with E-state index in [2.05, 4.69) is 9.88 Å². The molecule has 0 amide bonds. The maximum absolute atomic E-state index is 9.15. The Kier molecular flexibility index (Phi) is 2.88. The molecule has 4 nitrogen and oxygen atoms in total. The first-order valence-corrected chi connectivity index (χ1v) is 5.71. The molecular formula is C9H14N2O2S. The fourth-order valence-electron chi connectivity index (χ4n) is 1.92. The molecule has 2 rings (SSSR count). The van der Waals surface area contributed by atoms with Gasteiger partial charge in [-0.1, -0.05) is 0 Å². The summed E-state index contributed by atoms with van der Waals surface area (Å²) in [6, 6.07) is 0.394. The van der Waals surface area contributed by atoms with Gasteiger partial charge in [0.25, 0.3) is 0 Å². The standard InChI is InChI=1S/C9H14N2O2S/c12-5-3-7-2-1-4-11(7)9-10-8(13)6-14-9/h6-7,12-13H,1-5H2. The molecule has 78 valence electrons. The summed E-state index contributed by atoms with van der Waals surface area (Å²) in [6.07, 6.45) is 3.05. The molecule has 0 spiro atoms. The van der Waals surface area contributed by atoms with Crippen molar-refractivity contribution in [1.82, 2.24) is 4.98 Å². The summed E-state index contributed by atoms with van der Waals surface area (Å²) in [7, 11) is 0. The topological polar surface area (TPSA) is 56.6 Å². The lowest BCUT2D eigenvalue weighted by Crippen LogP contribution is -2.29. The van der Waals surface area contributed by atoms with Crippen LogP contribution in [0.4, 0.5) is 5.13 Å². The van der Waals surface area contributed by atoms with Crippen LogP contribution in [0, 0.1) is 0 Å². The average molecular weight is 214 g/mol. The molecule has 1 unspecified atom stereocenters. The molecule has 0 saturated carbocycles. The van der Waals surface area contributed by atoms with Crippen LogP contribution in [-0.4, -0.2) is 34.4 Å². The molecule has 14 heavy (non-hydrogen) atoms. The third-order valence-corrected chi connectivity index (χ3v) is 3.43. The third-order valence-electron chi connectivity index (χ3n) is 2.57. The number of anilines is 1. The van der Waals surface area contributed by atoms with E-state index in [0.29, 0.717) is 6.04 Å². The Morgan fingerprint density at radius 3 is 3.14 bits per heavy atom. The van der Waals surface area contributed by atoms with Gasteiger partial charge in [-0.2, -0.15) is 4.98 Å². The zero-order valence-corrected chi connectivity index (χ0v) is 8.70. The van der Waals surface area contributed by atoms with Crippen LogP contribution in [0.3, 0.4) is 0 Å². The first kappa shape index (κ1) is 9.73. The van der Waals surface area contributed by atoms with Gasteiger partial charge in [0, 0.05) is 19.2 Å². The van der Waals surface area contributed by atoms with Crippen molar-refractivity contribution in [1.29, 1.82) is 0 Å². The van der Waals surface area contributed by atoms with Crippen molar-refractivity contribution in [2.24, 2.45) is 0 Å². The van der Waals surface area contributed by atoms with Crippen molar-refractivity contribution < 1.29 is 10.2 Å². The highest BCUT2D eigenvalue weighted by Gasteiger charge is 2.26. The van der Waals surface area contributed by atoms with Crippen molar-refractivity contribution in [3.05, 3.63) is 5.38 Å². The van der Waals surface area contributed by atoms with Crippen LogP contribution >= 0.6 is 11.3 Å². The van der Waals surface area contributed by atoms with E-state index in [-0.39, 0.29) is 12.5 Å². The van der Waals surface area contributed by atoms with E-state index >= 15 is 0 Å². The largest absolute Gasteiger partial charge is 0.493 e. The van der Waals surface area contributed by atoms with E-state index in [9.17, 15) is 0 Å². The molecule has 0 radical (unpaired) electrons. The van der Waals surface area contributed by atoms with E-state index < -0.39 is 0 Å². The lowest BCUT2D eigenvalue weighted by atomic mass is 10.2. The molecule has 0 aromatic carbocycles. The maximum Gasteiger partial charge on any atom is 0.223 e. The second-order valence-corrected chi connectivity index (χ2v) is 4.33. The average Bonchev–Trinajstić information content (AvgIpc) is 2.74. The van der Waals surface area contributed by atoms with E-state index in [1.807, 2.05) is 0 Å². The molecule has 1 aliphatic rings.